The third kappa shape index (κ3) is 4.76. The highest BCUT2D eigenvalue weighted by atomic mass is 32.1. The number of nitrogens with zero attached hydrogens (tertiary/aromatic N) is 5. The molecule has 0 aliphatic carbocycles. The zero-order valence-corrected chi connectivity index (χ0v) is 20.8. The number of imidazole rings is 1. The normalized spacial score (nSPS) is 11.2. The van der Waals surface area contributed by atoms with Crippen LogP contribution in [0.2, 0.25) is 0 Å². The molecule has 0 aliphatic heterocycles. The van der Waals surface area contributed by atoms with Gasteiger partial charge in [-0.15, -0.1) is 5.10 Å². The summed E-state index contributed by atoms with van der Waals surface area (Å²) in [5, 5.41) is 5.68. The van der Waals surface area contributed by atoms with Crippen molar-refractivity contribution in [1.29, 1.82) is 0 Å². The van der Waals surface area contributed by atoms with Crippen molar-refractivity contribution in [1.82, 2.24) is 24.6 Å². The average molecular weight is 516 g/mol. The Morgan fingerprint density at radius 2 is 1.78 bits per heavy atom. The van der Waals surface area contributed by atoms with Crippen molar-refractivity contribution in [2.75, 3.05) is 14.2 Å². The summed E-state index contributed by atoms with van der Waals surface area (Å²) in [6, 6.07) is 13.3. The maximum atomic E-state index is 6.22. The van der Waals surface area contributed by atoms with Crippen LogP contribution in [0.3, 0.4) is 0 Å². The third-order valence-electron chi connectivity index (χ3n) is 5.57. The van der Waals surface area contributed by atoms with E-state index in [-0.39, 0.29) is 0 Å². The number of methoxy groups -OCH3 is 2. The van der Waals surface area contributed by atoms with E-state index in [1.165, 1.54) is 17.7 Å². The van der Waals surface area contributed by atoms with E-state index in [2.05, 4.69) is 20.1 Å². The van der Waals surface area contributed by atoms with Gasteiger partial charge in [-0.3, -0.25) is 0 Å². The first-order valence-electron chi connectivity index (χ1n) is 11.3. The van der Waals surface area contributed by atoms with Crippen molar-refractivity contribution in [2.45, 2.75) is 13.2 Å². The van der Waals surface area contributed by atoms with E-state index in [1.807, 2.05) is 42.5 Å². The molecule has 0 aliphatic rings. The molecule has 0 atom stereocenters. The lowest BCUT2D eigenvalue weighted by atomic mass is 10.2. The molecule has 186 valence electrons. The summed E-state index contributed by atoms with van der Waals surface area (Å²) in [4.78, 5) is 13.3. The Morgan fingerprint density at radius 3 is 2.59 bits per heavy atom. The molecule has 0 radical (unpaired) electrons. The molecular weight excluding hydrogens is 494 g/mol. The number of ether oxygens (including phenoxy) is 4. The zero-order chi connectivity index (χ0) is 25.2. The van der Waals surface area contributed by atoms with Crippen LogP contribution in [0.15, 0.2) is 71.8 Å². The van der Waals surface area contributed by atoms with Crippen molar-refractivity contribution < 1.29 is 23.4 Å². The minimum absolute atomic E-state index is 0.332. The van der Waals surface area contributed by atoms with Gasteiger partial charge in [-0.25, -0.2) is 19.5 Å². The maximum absolute atomic E-state index is 6.22. The lowest BCUT2D eigenvalue weighted by molar-refractivity contribution is 0.296. The van der Waals surface area contributed by atoms with Crippen LogP contribution in [0, 0.1) is 0 Å². The molecule has 0 bridgehead atoms. The highest BCUT2D eigenvalue weighted by molar-refractivity contribution is 7.18. The molecule has 11 heteroatoms. The number of furan rings is 1. The fourth-order valence-electron chi connectivity index (χ4n) is 3.79. The zero-order valence-electron chi connectivity index (χ0n) is 20.0. The van der Waals surface area contributed by atoms with E-state index < -0.39 is 0 Å². The van der Waals surface area contributed by atoms with Crippen LogP contribution in [0.25, 0.3) is 27.4 Å². The predicted octanol–water partition coefficient (Wildman–Crippen LogP) is 5.17. The van der Waals surface area contributed by atoms with Crippen molar-refractivity contribution in [3.05, 3.63) is 78.5 Å². The van der Waals surface area contributed by atoms with Gasteiger partial charge in [0.25, 0.3) is 5.19 Å². The van der Waals surface area contributed by atoms with Crippen LogP contribution < -0.4 is 18.9 Å². The monoisotopic (exact) mass is 515 g/mol. The Hall–Kier alpha value is -4.64. The van der Waals surface area contributed by atoms with E-state index in [0.29, 0.717) is 51.9 Å². The van der Waals surface area contributed by atoms with Crippen LogP contribution in [0.4, 0.5) is 0 Å². The molecular formula is C26H21N5O5S. The molecule has 2 aromatic carbocycles. The van der Waals surface area contributed by atoms with Crippen LogP contribution in [0.1, 0.15) is 11.1 Å². The van der Waals surface area contributed by atoms with Gasteiger partial charge in [0.05, 0.1) is 25.8 Å². The van der Waals surface area contributed by atoms with Crippen LogP contribution in [0.5, 0.6) is 22.4 Å². The number of aromatic nitrogens is 5. The second kappa shape index (κ2) is 9.78. The molecule has 10 nitrogen and oxygen atoms in total. The molecule has 0 saturated heterocycles. The van der Waals surface area contributed by atoms with Crippen molar-refractivity contribution in [3.8, 4) is 33.9 Å². The van der Waals surface area contributed by atoms with E-state index in [4.69, 9.17) is 23.4 Å². The van der Waals surface area contributed by atoms with Gasteiger partial charge in [-0.2, -0.15) is 0 Å². The first-order chi connectivity index (χ1) is 18.2. The van der Waals surface area contributed by atoms with Crippen molar-refractivity contribution in [2.24, 2.45) is 0 Å². The van der Waals surface area contributed by atoms with Gasteiger partial charge in [0.1, 0.15) is 48.1 Å². The number of hydrogen-bond acceptors (Lipinski definition) is 10. The van der Waals surface area contributed by atoms with Crippen LogP contribution in [-0.4, -0.2) is 38.8 Å². The minimum Gasteiger partial charge on any atom is -0.496 e. The van der Waals surface area contributed by atoms with Gasteiger partial charge in [0.15, 0.2) is 5.76 Å². The van der Waals surface area contributed by atoms with Crippen molar-refractivity contribution >= 4 is 27.3 Å². The molecule has 4 heterocycles. The van der Waals surface area contributed by atoms with Gasteiger partial charge < -0.3 is 23.4 Å². The predicted molar refractivity (Wildman–Crippen MR) is 136 cm³/mol. The van der Waals surface area contributed by atoms with Crippen molar-refractivity contribution in [3.63, 3.8) is 0 Å². The average Bonchev–Trinajstić information content (AvgIpc) is 3.64. The molecule has 0 fully saturated rings. The van der Waals surface area contributed by atoms with E-state index >= 15 is 0 Å². The summed E-state index contributed by atoms with van der Waals surface area (Å²) in [5.74, 6) is 2.60. The van der Waals surface area contributed by atoms with E-state index in [1.54, 1.807) is 37.3 Å². The fourth-order valence-corrected chi connectivity index (χ4v) is 4.49. The van der Waals surface area contributed by atoms with Gasteiger partial charge in [0, 0.05) is 30.1 Å². The summed E-state index contributed by atoms with van der Waals surface area (Å²) >= 11 is 1.35. The van der Waals surface area contributed by atoms with Gasteiger partial charge >= 0.3 is 0 Å². The van der Waals surface area contributed by atoms with Gasteiger partial charge in [0.2, 0.25) is 4.96 Å². The summed E-state index contributed by atoms with van der Waals surface area (Å²) < 4.78 is 30.5. The summed E-state index contributed by atoms with van der Waals surface area (Å²) in [6.07, 6.45) is 6.75. The summed E-state index contributed by atoms with van der Waals surface area (Å²) in [6.45, 7) is 0.714. The standard InChI is InChI=1S/C26H21N5O5S/c1-32-19-7-22(35-13-16-4-3-5-18(6-16)34-14-17-10-27-15-28-11-17)20-9-24(36-23(20)8-19)21-12-31-25(29-21)37-26(30-31)33-2/h3-12,15H,13-14H2,1-2H3. The third-order valence-corrected chi connectivity index (χ3v) is 6.46. The fraction of sp³-hybridized carbons (Fsp3) is 0.154. The molecule has 0 saturated carbocycles. The molecule has 37 heavy (non-hydrogen) atoms. The highest BCUT2D eigenvalue weighted by Crippen LogP contribution is 2.37. The second-order valence-electron chi connectivity index (χ2n) is 8.04. The Morgan fingerprint density at radius 1 is 0.919 bits per heavy atom. The highest BCUT2D eigenvalue weighted by Gasteiger charge is 2.17. The summed E-state index contributed by atoms with van der Waals surface area (Å²) in [5.41, 5.74) is 3.15. The molecule has 0 unspecified atom stereocenters. The molecule has 6 aromatic rings. The maximum Gasteiger partial charge on any atom is 0.294 e. The number of rotatable bonds is 9. The first kappa shape index (κ1) is 22.8. The number of fused-ring (bicyclic) bond motifs is 2. The first-order valence-corrected chi connectivity index (χ1v) is 12.1. The lowest BCUT2D eigenvalue weighted by Crippen LogP contribution is -1.99. The SMILES string of the molecule is COc1cc(OCc2cccc(OCc3cncnc3)c2)c2cc(-c3cn4nc(OC)sc4n3)oc2c1. The molecule has 0 spiro atoms. The Labute approximate surface area is 215 Å². The second-order valence-corrected chi connectivity index (χ2v) is 8.96. The quantitative estimate of drug-likeness (QED) is 0.258. The number of hydrogen-bond donors (Lipinski definition) is 0. The molecule has 0 amide bonds. The molecule has 6 rings (SSSR count). The smallest absolute Gasteiger partial charge is 0.294 e. The Balaban J connectivity index is 1.23. The van der Waals surface area contributed by atoms with E-state index in [9.17, 15) is 0 Å². The number of benzene rings is 2. The van der Waals surface area contributed by atoms with Crippen LogP contribution >= 0.6 is 11.3 Å². The van der Waals surface area contributed by atoms with Crippen LogP contribution in [-0.2, 0) is 13.2 Å². The summed E-state index contributed by atoms with van der Waals surface area (Å²) in [7, 11) is 3.19. The largest absolute Gasteiger partial charge is 0.496 e. The Kier molecular flexibility index (Phi) is 6.03. The molecule has 4 aromatic heterocycles. The lowest BCUT2D eigenvalue weighted by Gasteiger charge is -2.11. The van der Waals surface area contributed by atoms with E-state index in [0.717, 1.165) is 22.3 Å². The topological polar surface area (TPSA) is 106 Å². The minimum atomic E-state index is 0.332. The van der Waals surface area contributed by atoms with Gasteiger partial charge in [-0.1, -0.05) is 12.1 Å². The Bertz CT molecular complexity index is 1650. The molecule has 0 N–H and O–H groups in total. The van der Waals surface area contributed by atoms with Gasteiger partial charge in [-0.05, 0) is 35.1 Å².